The molecule has 0 saturated carbocycles. The first-order chi connectivity index (χ1) is 19.6. The Morgan fingerprint density at radius 2 is 1.95 bits per heavy atom. The van der Waals surface area contributed by atoms with Crippen molar-refractivity contribution < 1.29 is 17.9 Å². The number of hydrogen-bond acceptors (Lipinski definition) is 5. The standard InChI is InChI=1S/C33H39ClN2O4S/c1-21-6-4-7-22(2)28-12-9-26(28)18-36-19-33(15-5-8-24-16-27(34)11-13-29(24)33)20-40-31-14-10-25(17-30(31)36)32(37)35-41(38,39)23(21)3/h10-14,16-17,21,23,26H,2,4-9,15,18-20H2,1,3H3,(H,35,37)/t21-,23+,26-,33-/m0/s1. The zero-order chi connectivity index (χ0) is 28.9. The summed E-state index contributed by atoms with van der Waals surface area (Å²) in [6.07, 6.45) is 8.78. The van der Waals surface area contributed by atoms with E-state index >= 15 is 0 Å². The first-order valence-electron chi connectivity index (χ1n) is 14.8. The summed E-state index contributed by atoms with van der Waals surface area (Å²) in [6, 6.07) is 11.5. The molecule has 2 heterocycles. The Morgan fingerprint density at radius 3 is 2.73 bits per heavy atom. The van der Waals surface area contributed by atoms with Gasteiger partial charge in [0, 0.05) is 35.0 Å². The number of allylic oxidation sites excluding steroid dienone is 2. The number of carbonyl (C=O) groups is 1. The Labute approximate surface area is 248 Å². The summed E-state index contributed by atoms with van der Waals surface area (Å²) in [5, 5.41) is 0.0596. The molecule has 2 bridgehead atoms. The van der Waals surface area contributed by atoms with Gasteiger partial charge in [-0.3, -0.25) is 4.79 Å². The van der Waals surface area contributed by atoms with Crippen LogP contribution in [-0.2, 0) is 21.9 Å². The molecule has 0 radical (unpaired) electrons. The fraction of sp³-hybridized carbons (Fsp3) is 0.485. The second-order valence-electron chi connectivity index (χ2n) is 12.5. The van der Waals surface area contributed by atoms with Crippen LogP contribution in [0.5, 0.6) is 5.75 Å². The molecule has 218 valence electrons. The Morgan fingerprint density at radius 1 is 1.12 bits per heavy atom. The third-order valence-corrected chi connectivity index (χ3v) is 12.0. The summed E-state index contributed by atoms with van der Waals surface area (Å²) in [7, 11) is -3.85. The lowest BCUT2D eigenvalue weighted by Crippen LogP contribution is -2.47. The number of aryl methyl sites for hydroxylation is 1. The van der Waals surface area contributed by atoms with Crippen LogP contribution in [-0.4, -0.2) is 39.3 Å². The molecule has 1 amide bonds. The molecule has 2 aliphatic carbocycles. The number of halogens is 1. The predicted octanol–water partition coefficient (Wildman–Crippen LogP) is 6.58. The number of hydrogen-bond donors (Lipinski definition) is 1. The molecule has 4 aliphatic rings. The zero-order valence-electron chi connectivity index (χ0n) is 23.9. The summed E-state index contributed by atoms with van der Waals surface area (Å²) >= 11 is 6.39. The summed E-state index contributed by atoms with van der Waals surface area (Å²) in [4.78, 5) is 15.7. The summed E-state index contributed by atoms with van der Waals surface area (Å²) in [6.45, 7) is 10.1. The first kappa shape index (κ1) is 28.4. The van der Waals surface area contributed by atoms with Gasteiger partial charge in [-0.2, -0.15) is 0 Å². The number of anilines is 1. The molecule has 0 aromatic heterocycles. The largest absolute Gasteiger partial charge is 0.490 e. The molecule has 0 unspecified atom stereocenters. The molecule has 1 N–H and O–H groups in total. The zero-order valence-corrected chi connectivity index (χ0v) is 25.5. The highest BCUT2D eigenvalue weighted by molar-refractivity contribution is 7.90. The number of amides is 1. The van der Waals surface area contributed by atoms with Crippen LogP contribution in [0.15, 0.2) is 60.2 Å². The van der Waals surface area contributed by atoms with Crippen molar-refractivity contribution in [1.29, 1.82) is 0 Å². The minimum Gasteiger partial charge on any atom is -0.490 e. The van der Waals surface area contributed by atoms with Crippen molar-refractivity contribution in [2.24, 2.45) is 11.8 Å². The van der Waals surface area contributed by atoms with E-state index in [4.69, 9.17) is 16.3 Å². The monoisotopic (exact) mass is 594 g/mol. The molecule has 1 spiro atoms. The van der Waals surface area contributed by atoms with Crippen LogP contribution < -0.4 is 14.4 Å². The number of sulfonamides is 1. The molecule has 6 nitrogen and oxygen atoms in total. The summed E-state index contributed by atoms with van der Waals surface area (Å²) in [5.74, 6) is 0.371. The number of nitrogens with one attached hydrogen (secondary N) is 1. The number of ether oxygens (including phenoxy) is 1. The molecule has 0 saturated heterocycles. The minimum absolute atomic E-state index is 0.0902. The van der Waals surface area contributed by atoms with Gasteiger partial charge in [-0.25, -0.2) is 13.1 Å². The van der Waals surface area contributed by atoms with E-state index in [2.05, 4.69) is 34.4 Å². The van der Waals surface area contributed by atoms with Gasteiger partial charge >= 0.3 is 0 Å². The molecule has 2 aromatic carbocycles. The first-order valence-corrected chi connectivity index (χ1v) is 16.7. The third-order valence-electron chi connectivity index (χ3n) is 9.87. The third kappa shape index (κ3) is 5.32. The van der Waals surface area contributed by atoms with E-state index in [1.807, 2.05) is 25.1 Å². The second kappa shape index (κ2) is 10.8. The molecule has 2 aromatic rings. The van der Waals surface area contributed by atoms with E-state index in [1.54, 1.807) is 13.0 Å². The molecule has 4 atom stereocenters. The SMILES string of the molecule is C=C1CCC[C@H](C)[C@@H](C)S(=O)(=O)NC(=O)c2ccc3c(c2)N(C[C@@H]2CC=C12)C[C@@]1(CCCc2cc(Cl)ccc21)CO3. The van der Waals surface area contributed by atoms with Crippen molar-refractivity contribution in [2.45, 2.75) is 69.5 Å². The fourth-order valence-corrected chi connectivity index (χ4v) is 8.64. The minimum atomic E-state index is -3.85. The maximum Gasteiger partial charge on any atom is 0.264 e. The van der Waals surface area contributed by atoms with E-state index in [0.29, 0.717) is 23.8 Å². The second-order valence-corrected chi connectivity index (χ2v) is 15.0. The maximum atomic E-state index is 13.3. The topological polar surface area (TPSA) is 75.7 Å². The lowest BCUT2D eigenvalue weighted by atomic mass is 9.69. The van der Waals surface area contributed by atoms with E-state index in [9.17, 15) is 13.2 Å². The van der Waals surface area contributed by atoms with Gasteiger partial charge in [0.05, 0.1) is 17.5 Å². The molecular formula is C33H39ClN2O4S. The number of fused-ring (bicyclic) bond motifs is 4. The highest BCUT2D eigenvalue weighted by Gasteiger charge is 2.43. The average molecular weight is 595 g/mol. The molecule has 8 heteroatoms. The smallest absolute Gasteiger partial charge is 0.264 e. The van der Waals surface area contributed by atoms with Crippen molar-refractivity contribution >= 4 is 33.2 Å². The maximum absolute atomic E-state index is 13.3. The van der Waals surface area contributed by atoms with Gasteiger partial charge in [-0.1, -0.05) is 42.8 Å². The molecule has 6 rings (SSSR count). The Hall–Kier alpha value is -2.77. The van der Waals surface area contributed by atoms with E-state index in [1.165, 1.54) is 16.7 Å². The quantitative estimate of drug-likeness (QED) is 0.373. The van der Waals surface area contributed by atoms with Crippen LogP contribution >= 0.6 is 11.6 Å². The molecule has 2 aliphatic heterocycles. The normalized spacial score (nSPS) is 29.7. The highest BCUT2D eigenvalue weighted by atomic mass is 35.5. The summed E-state index contributed by atoms with van der Waals surface area (Å²) < 4.78 is 35.2. The lowest BCUT2D eigenvalue weighted by molar-refractivity contribution is 0.0981. The van der Waals surface area contributed by atoms with Gasteiger partial charge in [0.1, 0.15) is 5.75 Å². The van der Waals surface area contributed by atoms with E-state index in [0.717, 1.165) is 74.3 Å². The van der Waals surface area contributed by atoms with Crippen LogP contribution in [0.1, 0.15) is 73.9 Å². The molecule has 0 fully saturated rings. The van der Waals surface area contributed by atoms with Crippen molar-refractivity contribution in [3.05, 3.63) is 81.9 Å². The van der Waals surface area contributed by atoms with Gasteiger partial charge < -0.3 is 9.64 Å². The van der Waals surface area contributed by atoms with Gasteiger partial charge in [0.25, 0.3) is 5.91 Å². The van der Waals surface area contributed by atoms with Gasteiger partial charge in [0.2, 0.25) is 10.0 Å². The van der Waals surface area contributed by atoms with E-state index in [-0.39, 0.29) is 11.3 Å². The van der Waals surface area contributed by atoms with Crippen molar-refractivity contribution in [1.82, 2.24) is 4.72 Å². The Bertz CT molecular complexity index is 1530. The van der Waals surface area contributed by atoms with Crippen LogP contribution in [0.25, 0.3) is 0 Å². The van der Waals surface area contributed by atoms with Crippen LogP contribution in [0.2, 0.25) is 5.02 Å². The summed E-state index contributed by atoms with van der Waals surface area (Å²) in [5.41, 5.74) is 5.95. The predicted molar refractivity (Wildman–Crippen MR) is 164 cm³/mol. The molecular weight excluding hydrogens is 556 g/mol. The lowest BCUT2D eigenvalue weighted by Gasteiger charge is -2.42. The Kier molecular flexibility index (Phi) is 7.48. The fourth-order valence-electron chi connectivity index (χ4n) is 7.13. The Balaban J connectivity index is 1.42. The highest BCUT2D eigenvalue weighted by Crippen LogP contribution is 2.46. The van der Waals surface area contributed by atoms with Gasteiger partial charge in [-0.15, -0.1) is 0 Å². The van der Waals surface area contributed by atoms with Gasteiger partial charge in [0.15, 0.2) is 0 Å². The number of benzene rings is 2. The van der Waals surface area contributed by atoms with Crippen molar-refractivity contribution in [2.75, 3.05) is 24.6 Å². The van der Waals surface area contributed by atoms with Crippen molar-refractivity contribution in [3.8, 4) is 5.75 Å². The van der Waals surface area contributed by atoms with E-state index < -0.39 is 21.2 Å². The van der Waals surface area contributed by atoms with Gasteiger partial charge in [-0.05, 0) is 105 Å². The van der Waals surface area contributed by atoms with Crippen LogP contribution in [0.4, 0.5) is 5.69 Å². The molecule has 41 heavy (non-hydrogen) atoms. The number of carbonyl (C=O) groups excluding carboxylic acids is 1. The van der Waals surface area contributed by atoms with Crippen molar-refractivity contribution in [3.63, 3.8) is 0 Å². The number of rotatable bonds is 0. The van der Waals surface area contributed by atoms with Crippen LogP contribution in [0.3, 0.4) is 0 Å². The number of nitrogens with zero attached hydrogens (tertiary/aromatic N) is 1. The van der Waals surface area contributed by atoms with Crippen LogP contribution in [0, 0.1) is 11.8 Å². The average Bonchev–Trinajstić information content (AvgIpc) is 3.06.